The van der Waals surface area contributed by atoms with E-state index < -0.39 is 0 Å². The lowest BCUT2D eigenvalue weighted by Crippen LogP contribution is -1.85. The molecule has 0 aliphatic rings. The van der Waals surface area contributed by atoms with Gasteiger partial charge < -0.3 is 5.11 Å². The minimum Gasteiger partial charge on any atom is -0.392 e. The van der Waals surface area contributed by atoms with E-state index in [0.717, 1.165) is 0 Å². The van der Waals surface area contributed by atoms with Gasteiger partial charge in [-0.05, 0) is 6.08 Å². The Morgan fingerprint density at radius 2 is 2.20 bits per heavy atom. The summed E-state index contributed by atoms with van der Waals surface area (Å²) in [5, 5.41) is 8.28. The molecule has 10 heavy (non-hydrogen) atoms. The average Bonchev–Trinajstić information content (AvgIpc) is 1.98. The Balaban J connectivity index is 3.55. The zero-order valence-electron chi connectivity index (χ0n) is 6.08. The SMILES string of the molecule is CCC(=O)C=CC=CCO. The van der Waals surface area contributed by atoms with E-state index in [0.29, 0.717) is 6.42 Å². The van der Waals surface area contributed by atoms with Gasteiger partial charge in [0.15, 0.2) is 5.78 Å². The molecule has 56 valence electrons. The third-order valence-corrected chi connectivity index (χ3v) is 0.983. The fraction of sp³-hybridized carbons (Fsp3) is 0.375. The molecule has 0 rings (SSSR count). The van der Waals surface area contributed by atoms with E-state index in [1.165, 1.54) is 6.08 Å². The van der Waals surface area contributed by atoms with Gasteiger partial charge in [-0.2, -0.15) is 0 Å². The molecule has 0 aromatic heterocycles. The number of aliphatic hydroxyl groups excluding tert-OH is 1. The Hall–Kier alpha value is -0.890. The molecule has 2 nitrogen and oxygen atoms in total. The Morgan fingerprint density at radius 3 is 2.70 bits per heavy atom. The molecule has 0 saturated heterocycles. The summed E-state index contributed by atoms with van der Waals surface area (Å²) in [6.45, 7) is 1.83. The fourth-order valence-corrected chi connectivity index (χ4v) is 0.420. The molecule has 0 aliphatic carbocycles. The topological polar surface area (TPSA) is 37.3 Å². The highest BCUT2D eigenvalue weighted by Crippen LogP contribution is 1.83. The average molecular weight is 140 g/mol. The molecule has 0 bridgehead atoms. The first-order chi connectivity index (χ1) is 4.81. The Bertz CT molecular complexity index is 145. The molecule has 0 fully saturated rings. The Labute approximate surface area is 60.9 Å². The molecule has 0 unspecified atom stereocenters. The van der Waals surface area contributed by atoms with Crippen molar-refractivity contribution in [3.63, 3.8) is 0 Å². The predicted octanol–water partition coefficient (Wildman–Crippen LogP) is 1.07. The van der Waals surface area contributed by atoms with Gasteiger partial charge in [0, 0.05) is 6.42 Å². The van der Waals surface area contributed by atoms with Crippen LogP contribution in [-0.4, -0.2) is 17.5 Å². The lowest BCUT2D eigenvalue weighted by molar-refractivity contribution is -0.114. The van der Waals surface area contributed by atoms with Crippen LogP contribution in [0.5, 0.6) is 0 Å². The second-order valence-electron chi connectivity index (χ2n) is 1.79. The van der Waals surface area contributed by atoms with Crippen molar-refractivity contribution in [1.29, 1.82) is 0 Å². The molecule has 1 N–H and O–H groups in total. The third kappa shape index (κ3) is 5.25. The molecular weight excluding hydrogens is 128 g/mol. The van der Waals surface area contributed by atoms with Crippen LogP contribution in [-0.2, 0) is 4.79 Å². The van der Waals surface area contributed by atoms with E-state index in [1.807, 2.05) is 6.92 Å². The highest BCUT2D eigenvalue weighted by molar-refractivity contribution is 5.89. The molecule has 0 heterocycles. The van der Waals surface area contributed by atoms with Gasteiger partial charge in [-0.25, -0.2) is 0 Å². The standard InChI is InChI=1S/C8H12O2/c1-2-8(10)6-4-3-5-7-9/h3-6,9H,2,7H2,1H3. The van der Waals surface area contributed by atoms with Crippen LogP contribution in [0.15, 0.2) is 24.3 Å². The van der Waals surface area contributed by atoms with Gasteiger partial charge in [-0.1, -0.05) is 25.2 Å². The lowest BCUT2D eigenvalue weighted by Gasteiger charge is -1.80. The van der Waals surface area contributed by atoms with Crippen LogP contribution < -0.4 is 0 Å². The van der Waals surface area contributed by atoms with Gasteiger partial charge in [0.2, 0.25) is 0 Å². The molecule has 2 heteroatoms. The molecular formula is C8H12O2. The largest absolute Gasteiger partial charge is 0.392 e. The van der Waals surface area contributed by atoms with Crippen LogP contribution in [0.25, 0.3) is 0 Å². The number of hydrogen-bond acceptors (Lipinski definition) is 2. The molecule has 0 aliphatic heterocycles. The first-order valence-corrected chi connectivity index (χ1v) is 3.28. The summed E-state index contributed by atoms with van der Waals surface area (Å²) in [7, 11) is 0. The van der Waals surface area contributed by atoms with Crippen LogP contribution in [0.3, 0.4) is 0 Å². The van der Waals surface area contributed by atoms with E-state index in [1.54, 1.807) is 18.2 Å². The van der Waals surface area contributed by atoms with Crippen LogP contribution in [0, 0.1) is 0 Å². The Kier molecular flexibility index (Phi) is 5.68. The number of carbonyl (C=O) groups excluding carboxylic acids is 1. The quantitative estimate of drug-likeness (QED) is 0.468. The monoisotopic (exact) mass is 140 g/mol. The number of ketones is 1. The van der Waals surface area contributed by atoms with Gasteiger partial charge in [0.25, 0.3) is 0 Å². The summed E-state index contributed by atoms with van der Waals surface area (Å²) in [5.41, 5.74) is 0. The fourth-order valence-electron chi connectivity index (χ4n) is 0.420. The van der Waals surface area contributed by atoms with Crippen molar-refractivity contribution in [2.45, 2.75) is 13.3 Å². The maximum absolute atomic E-state index is 10.6. The van der Waals surface area contributed by atoms with E-state index in [-0.39, 0.29) is 12.4 Å². The maximum atomic E-state index is 10.6. The van der Waals surface area contributed by atoms with Gasteiger partial charge in [0.05, 0.1) is 6.61 Å². The van der Waals surface area contributed by atoms with Crippen molar-refractivity contribution in [3.05, 3.63) is 24.3 Å². The van der Waals surface area contributed by atoms with Crippen molar-refractivity contribution < 1.29 is 9.90 Å². The third-order valence-electron chi connectivity index (χ3n) is 0.983. The van der Waals surface area contributed by atoms with Gasteiger partial charge in [0.1, 0.15) is 0 Å². The molecule has 0 radical (unpaired) electrons. The van der Waals surface area contributed by atoms with Crippen LogP contribution >= 0.6 is 0 Å². The molecule has 0 aromatic carbocycles. The molecule has 0 saturated carbocycles. The first kappa shape index (κ1) is 9.11. The van der Waals surface area contributed by atoms with Crippen molar-refractivity contribution in [2.75, 3.05) is 6.61 Å². The van der Waals surface area contributed by atoms with Crippen LogP contribution in [0.4, 0.5) is 0 Å². The zero-order chi connectivity index (χ0) is 7.82. The van der Waals surface area contributed by atoms with Crippen molar-refractivity contribution in [1.82, 2.24) is 0 Å². The normalized spacial score (nSPS) is 11.4. The van der Waals surface area contributed by atoms with E-state index in [2.05, 4.69) is 0 Å². The van der Waals surface area contributed by atoms with E-state index in [4.69, 9.17) is 5.11 Å². The smallest absolute Gasteiger partial charge is 0.155 e. The molecule has 0 amide bonds. The van der Waals surface area contributed by atoms with Gasteiger partial charge >= 0.3 is 0 Å². The minimum atomic E-state index is 0.0185. The van der Waals surface area contributed by atoms with Crippen molar-refractivity contribution >= 4 is 5.78 Å². The van der Waals surface area contributed by atoms with E-state index >= 15 is 0 Å². The number of carbonyl (C=O) groups is 1. The first-order valence-electron chi connectivity index (χ1n) is 3.28. The highest BCUT2D eigenvalue weighted by atomic mass is 16.2. The molecule has 0 aromatic rings. The van der Waals surface area contributed by atoms with Crippen molar-refractivity contribution in [3.8, 4) is 0 Å². The second kappa shape index (κ2) is 6.23. The summed E-state index contributed by atoms with van der Waals surface area (Å²) in [6.07, 6.45) is 6.87. The van der Waals surface area contributed by atoms with Crippen molar-refractivity contribution in [2.24, 2.45) is 0 Å². The summed E-state index contributed by atoms with van der Waals surface area (Å²) < 4.78 is 0. The minimum absolute atomic E-state index is 0.0185. The van der Waals surface area contributed by atoms with Gasteiger partial charge in [-0.3, -0.25) is 4.79 Å². The second-order valence-corrected chi connectivity index (χ2v) is 1.79. The number of rotatable bonds is 4. The van der Waals surface area contributed by atoms with Gasteiger partial charge in [-0.15, -0.1) is 0 Å². The van der Waals surface area contributed by atoms with Crippen LogP contribution in [0.1, 0.15) is 13.3 Å². The van der Waals surface area contributed by atoms with E-state index in [9.17, 15) is 4.79 Å². The zero-order valence-corrected chi connectivity index (χ0v) is 6.08. The number of allylic oxidation sites excluding steroid dienone is 3. The predicted molar refractivity (Wildman–Crippen MR) is 40.7 cm³/mol. The Morgan fingerprint density at radius 1 is 1.50 bits per heavy atom. The summed E-state index contributed by atoms with van der Waals surface area (Å²) in [6, 6.07) is 0. The highest BCUT2D eigenvalue weighted by Gasteiger charge is 1.85. The van der Waals surface area contributed by atoms with Crippen LogP contribution in [0.2, 0.25) is 0 Å². The summed E-state index contributed by atoms with van der Waals surface area (Å²) >= 11 is 0. The number of aliphatic hydroxyl groups is 1. The summed E-state index contributed by atoms with van der Waals surface area (Å²) in [4.78, 5) is 10.6. The summed E-state index contributed by atoms with van der Waals surface area (Å²) in [5.74, 6) is 0.0996. The molecule has 0 atom stereocenters. The maximum Gasteiger partial charge on any atom is 0.155 e. The number of hydrogen-bond donors (Lipinski definition) is 1. The molecule has 0 spiro atoms. The lowest BCUT2D eigenvalue weighted by atomic mass is 10.3.